The Labute approximate surface area is 243 Å². The monoisotopic (exact) mass is 505 g/mol. The standard InChI is InChI=1S/C24H32ClNO4S.K.H/c1-3-5-21(26-29-14-16(2)30-20-9-7-19(25)8-10-20)24-22(27)12-18(13-23(24)28)17-6-4-11-31-15-17;;/h7-10,16-18,24H,3-6,11-15H2,1-2H3;;. The number of rotatable bonds is 9. The molecule has 1 heterocycles. The molecule has 5 nitrogen and oxygen atoms in total. The Bertz CT molecular complexity index is 765. The molecule has 2 atom stereocenters. The summed E-state index contributed by atoms with van der Waals surface area (Å²) in [5.41, 5.74) is 0.563. The molecule has 1 aromatic carbocycles. The van der Waals surface area contributed by atoms with E-state index in [9.17, 15) is 9.59 Å². The number of benzene rings is 1. The first-order valence-corrected chi connectivity index (χ1v) is 12.7. The molecule has 0 amide bonds. The fraction of sp³-hybridized carbons (Fsp3) is 0.625. The van der Waals surface area contributed by atoms with Crippen molar-refractivity contribution in [1.82, 2.24) is 0 Å². The quantitative estimate of drug-likeness (QED) is 0.206. The van der Waals surface area contributed by atoms with Gasteiger partial charge in [0.05, 0.1) is 5.71 Å². The predicted molar refractivity (Wildman–Crippen MR) is 133 cm³/mol. The van der Waals surface area contributed by atoms with Crippen LogP contribution < -0.4 is 4.74 Å². The van der Waals surface area contributed by atoms with Crippen LogP contribution in [0.3, 0.4) is 0 Å². The number of nitrogens with zero attached hydrogens (tertiary/aromatic N) is 1. The molecule has 1 aromatic rings. The SMILES string of the molecule is CCCC(=NOCC(C)Oc1ccc(Cl)cc1)C1C(=O)CC(C2CCCSC2)CC1=O.[KH]. The van der Waals surface area contributed by atoms with E-state index in [4.69, 9.17) is 21.2 Å². The average molecular weight is 506 g/mol. The van der Waals surface area contributed by atoms with Crippen LogP contribution in [0.4, 0.5) is 0 Å². The van der Waals surface area contributed by atoms with Gasteiger partial charge in [-0.25, -0.2) is 0 Å². The molecule has 1 aliphatic heterocycles. The molecule has 2 aliphatic rings. The second kappa shape index (κ2) is 14.5. The van der Waals surface area contributed by atoms with Gasteiger partial charge in [-0.3, -0.25) is 9.59 Å². The van der Waals surface area contributed by atoms with Crippen molar-refractivity contribution in [3.8, 4) is 5.75 Å². The summed E-state index contributed by atoms with van der Waals surface area (Å²) in [5.74, 6) is 2.93. The van der Waals surface area contributed by atoms with Gasteiger partial charge in [0, 0.05) is 17.9 Å². The molecule has 0 aromatic heterocycles. The summed E-state index contributed by atoms with van der Waals surface area (Å²) in [6.07, 6.45) is 4.44. The van der Waals surface area contributed by atoms with Crippen molar-refractivity contribution in [2.24, 2.45) is 22.9 Å². The molecule has 0 N–H and O–H groups in total. The molecule has 2 unspecified atom stereocenters. The molecule has 8 heteroatoms. The predicted octanol–water partition coefficient (Wildman–Crippen LogP) is 4.94. The van der Waals surface area contributed by atoms with Crippen LogP contribution in [-0.2, 0) is 14.4 Å². The molecule has 1 saturated carbocycles. The maximum atomic E-state index is 12.9. The molecule has 0 spiro atoms. The van der Waals surface area contributed by atoms with Crippen molar-refractivity contribution in [2.75, 3.05) is 18.1 Å². The van der Waals surface area contributed by atoms with Crippen molar-refractivity contribution in [3.05, 3.63) is 29.3 Å². The molecular formula is C24H33ClKNO4S. The number of carbonyl (C=O) groups excluding carboxylic acids is 2. The minimum atomic E-state index is -0.736. The van der Waals surface area contributed by atoms with Crippen LogP contribution in [0.5, 0.6) is 5.75 Å². The van der Waals surface area contributed by atoms with Crippen LogP contribution in [-0.4, -0.2) is 92.9 Å². The molecule has 2 fully saturated rings. The van der Waals surface area contributed by atoms with Crippen molar-refractivity contribution in [2.45, 2.75) is 58.5 Å². The number of carbonyl (C=O) groups is 2. The van der Waals surface area contributed by atoms with E-state index < -0.39 is 5.92 Å². The van der Waals surface area contributed by atoms with E-state index in [0.717, 1.165) is 18.6 Å². The second-order valence-electron chi connectivity index (χ2n) is 8.52. The van der Waals surface area contributed by atoms with Gasteiger partial charge in [-0.05, 0) is 73.8 Å². The average Bonchev–Trinajstić information content (AvgIpc) is 2.75. The van der Waals surface area contributed by atoms with Gasteiger partial charge in [-0.1, -0.05) is 30.1 Å². The summed E-state index contributed by atoms with van der Waals surface area (Å²) in [6.45, 7) is 4.13. The maximum absolute atomic E-state index is 12.9. The van der Waals surface area contributed by atoms with Gasteiger partial charge < -0.3 is 9.57 Å². The van der Waals surface area contributed by atoms with Gasteiger partial charge >= 0.3 is 51.4 Å². The minimum absolute atomic E-state index is 0. The van der Waals surface area contributed by atoms with E-state index in [1.807, 2.05) is 25.6 Å². The van der Waals surface area contributed by atoms with Crippen LogP contribution in [0, 0.1) is 17.8 Å². The third-order valence-electron chi connectivity index (χ3n) is 5.91. The first kappa shape index (κ1) is 28.3. The van der Waals surface area contributed by atoms with Crippen LogP contribution >= 0.6 is 23.4 Å². The number of hydrogen-bond acceptors (Lipinski definition) is 6. The summed E-state index contributed by atoms with van der Waals surface area (Å²) in [6, 6.07) is 7.12. The number of oxime groups is 1. The zero-order valence-electron chi connectivity index (χ0n) is 18.3. The summed E-state index contributed by atoms with van der Waals surface area (Å²) >= 11 is 7.84. The number of thioether (sulfide) groups is 1. The number of Topliss-reactive ketones (excluding diaryl/α,β-unsaturated/α-hetero) is 2. The van der Waals surface area contributed by atoms with Gasteiger partial charge in [-0.15, -0.1) is 0 Å². The van der Waals surface area contributed by atoms with E-state index in [0.29, 0.717) is 41.7 Å². The van der Waals surface area contributed by atoms with Crippen LogP contribution in [0.15, 0.2) is 29.4 Å². The van der Waals surface area contributed by atoms with Gasteiger partial charge in [0.15, 0.2) is 6.61 Å². The Balaban J connectivity index is 0.00000363. The van der Waals surface area contributed by atoms with Gasteiger partial charge in [0.1, 0.15) is 29.3 Å². The zero-order chi connectivity index (χ0) is 22.2. The molecule has 3 rings (SSSR count). The summed E-state index contributed by atoms with van der Waals surface area (Å²) < 4.78 is 5.79. The number of hydrogen-bond donors (Lipinski definition) is 0. The van der Waals surface area contributed by atoms with Crippen molar-refractivity contribution in [1.29, 1.82) is 0 Å². The fourth-order valence-electron chi connectivity index (χ4n) is 4.35. The van der Waals surface area contributed by atoms with Crippen molar-refractivity contribution in [3.63, 3.8) is 0 Å². The molecule has 172 valence electrons. The van der Waals surface area contributed by atoms with E-state index in [1.165, 1.54) is 12.2 Å². The molecule has 1 aliphatic carbocycles. The molecule has 32 heavy (non-hydrogen) atoms. The molecule has 0 bridgehead atoms. The van der Waals surface area contributed by atoms with E-state index in [1.54, 1.807) is 24.3 Å². The van der Waals surface area contributed by atoms with Gasteiger partial charge in [-0.2, -0.15) is 11.8 Å². The molecule has 1 saturated heterocycles. The fourth-order valence-corrected chi connectivity index (χ4v) is 5.76. The van der Waals surface area contributed by atoms with E-state index >= 15 is 0 Å². The third-order valence-corrected chi connectivity index (χ3v) is 7.41. The summed E-state index contributed by atoms with van der Waals surface area (Å²) in [5, 5.41) is 4.89. The number of ether oxygens (including phenoxy) is 1. The normalized spacial score (nSPS) is 25.1. The molecule has 0 radical (unpaired) electrons. The topological polar surface area (TPSA) is 65.0 Å². The summed E-state index contributed by atoms with van der Waals surface area (Å²) in [7, 11) is 0. The Kier molecular flexibility index (Phi) is 12.8. The summed E-state index contributed by atoms with van der Waals surface area (Å²) in [4.78, 5) is 31.4. The van der Waals surface area contributed by atoms with Crippen molar-refractivity contribution < 1.29 is 19.2 Å². The van der Waals surface area contributed by atoms with Crippen molar-refractivity contribution >= 4 is 92.0 Å². The molecular weight excluding hydrogens is 473 g/mol. The zero-order valence-corrected chi connectivity index (χ0v) is 19.9. The van der Waals surface area contributed by atoms with Gasteiger partial charge in [0.2, 0.25) is 0 Å². The van der Waals surface area contributed by atoms with Crippen LogP contribution in [0.2, 0.25) is 5.02 Å². The Morgan fingerprint density at radius 1 is 1.19 bits per heavy atom. The number of ketones is 2. The second-order valence-corrected chi connectivity index (χ2v) is 10.1. The van der Waals surface area contributed by atoms with Gasteiger partial charge in [0.25, 0.3) is 0 Å². The Morgan fingerprint density at radius 2 is 1.88 bits per heavy atom. The first-order valence-electron chi connectivity index (χ1n) is 11.2. The first-order chi connectivity index (χ1) is 15.0. The van der Waals surface area contributed by atoms with Crippen LogP contribution in [0.1, 0.15) is 52.4 Å². The Morgan fingerprint density at radius 3 is 2.47 bits per heavy atom. The number of halogens is 1. The Hall–Kier alpha value is 0.106. The van der Waals surface area contributed by atoms with E-state index in [2.05, 4.69) is 5.16 Å². The van der Waals surface area contributed by atoms with E-state index in [-0.39, 0.29) is 81.6 Å². The van der Waals surface area contributed by atoms with Crippen LogP contribution in [0.25, 0.3) is 0 Å². The third kappa shape index (κ3) is 8.40.